The third-order valence-corrected chi connectivity index (χ3v) is 3.44. The van der Waals surface area contributed by atoms with Crippen molar-refractivity contribution in [3.8, 4) is 0 Å². The third-order valence-electron chi connectivity index (χ3n) is 3.44. The number of nitrogens with one attached hydrogen (secondary N) is 1. The highest BCUT2D eigenvalue weighted by Crippen LogP contribution is 2.14. The molecule has 1 saturated heterocycles. The molecule has 0 bridgehead atoms. The lowest BCUT2D eigenvalue weighted by Crippen LogP contribution is -2.41. The van der Waals surface area contributed by atoms with Gasteiger partial charge in [-0.25, -0.2) is 0 Å². The molecule has 15 heavy (non-hydrogen) atoms. The van der Waals surface area contributed by atoms with E-state index in [0.717, 1.165) is 19.2 Å². The van der Waals surface area contributed by atoms with Gasteiger partial charge < -0.3 is 15.0 Å². The van der Waals surface area contributed by atoms with Crippen molar-refractivity contribution in [3.05, 3.63) is 0 Å². The molecule has 0 aromatic carbocycles. The molecule has 0 radical (unpaired) electrons. The first-order chi connectivity index (χ1) is 7.24. The summed E-state index contributed by atoms with van der Waals surface area (Å²) in [7, 11) is 3.95. The van der Waals surface area contributed by atoms with E-state index in [2.05, 4.69) is 24.2 Å². The van der Waals surface area contributed by atoms with E-state index in [-0.39, 0.29) is 0 Å². The van der Waals surface area contributed by atoms with E-state index in [1.165, 1.54) is 32.2 Å². The Bertz CT molecular complexity index is 158. The number of ether oxygens (including phenoxy) is 1. The van der Waals surface area contributed by atoms with Crippen LogP contribution in [-0.2, 0) is 4.74 Å². The maximum atomic E-state index is 5.10. The van der Waals surface area contributed by atoms with Crippen molar-refractivity contribution in [2.45, 2.75) is 44.7 Å². The van der Waals surface area contributed by atoms with Gasteiger partial charge in [0.1, 0.15) is 0 Å². The monoisotopic (exact) mass is 214 g/mol. The summed E-state index contributed by atoms with van der Waals surface area (Å²) in [5.74, 6) is 0. The Labute approximate surface area is 94.2 Å². The zero-order valence-electron chi connectivity index (χ0n) is 10.5. The lowest BCUT2D eigenvalue weighted by atomic mass is 9.98. The Morgan fingerprint density at radius 3 is 2.87 bits per heavy atom. The minimum atomic E-state index is 0.649. The first-order valence-corrected chi connectivity index (χ1v) is 6.16. The molecule has 1 fully saturated rings. The molecule has 0 saturated carbocycles. The Morgan fingerprint density at radius 2 is 2.27 bits per heavy atom. The van der Waals surface area contributed by atoms with Crippen molar-refractivity contribution in [3.63, 3.8) is 0 Å². The summed E-state index contributed by atoms with van der Waals surface area (Å²) in [6.07, 6.45) is 5.36. The Kier molecular flexibility index (Phi) is 6.22. The van der Waals surface area contributed by atoms with Crippen LogP contribution in [0.25, 0.3) is 0 Å². The van der Waals surface area contributed by atoms with Gasteiger partial charge in [-0.15, -0.1) is 0 Å². The van der Waals surface area contributed by atoms with E-state index >= 15 is 0 Å². The largest absolute Gasteiger partial charge is 0.383 e. The highest BCUT2D eigenvalue weighted by atomic mass is 16.5. The molecule has 2 unspecified atom stereocenters. The van der Waals surface area contributed by atoms with Crippen LogP contribution in [0.4, 0.5) is 0 Å². The zero-order chi connectivity index (χ0) is 11.1. The van der Waals surface area contributed by atoms with Gasteiger partial charge in [0.05, 0.1) is 6.61 Å². The lowest BCUT2D eigenvalue weighted by Gasteiger charge is -2.30. The molecule has 1 heterocycles. The summed E-state index contributed by atoms with van der Waals surface area (Å²) in [6, 6.07) is 1.38. The Hall–Kier alpha value is -0.120. The van der Waals surface area contributed by atoms with E-state index in [9.17, 15) is 0 Å². The predicted octanol–water partition coefficient (Wildman–Crippen LogP) is 1.49. The topological polar surface area (TPSA) is 24.5 Å². The molecule has 0 aromatic heterocycles. The molecule has 0 spiro atoms. The van der Waals surface area contributed by atoms with E-state index in [1.54, 1.807) is 7.11 Å². The van der Waals surface area contributed by atoms with Crippen LogP contribution in [0, 0.1) is 0 Å². The van der Waals surface area contributed by atoms with Gasteiger partial charge in [-0.2, -0.15) is 0 Å². The summed E-state index contributed by atoms with van der Waals surface area (Å²) < 4.78 is 5.10. The fourth-order valence-corrected chi connectivity index (χ4v) is 2.17. The number of likely N-dealkylation sites (N-methyl/N-ethyl adjacent to an activating group) is 1. The quantitative estimate of drug-likeness (QED) is 0.725. The Balaban J connectivity index is 2.17. The first kappa shape index (κ1) is 12.9. The third kappa shape index (κ3) is 4.96. The predicted molar refractivity (Wildman–Crippen MR) is 64.2 cm³/mol. The second kappa shape index (κ2) is 7.20. The van der Waals surface area contributed by atoms with Crippen LogP contribution in [-0.4, -0.2) is 50.8 Å². The van der Waals surface area contributed by atoms with Gasteiger partial charge in [0.2, 0.25) is 0 Å². The molecule has 2 atom stereocenters. The van der Waals surface area contributed by atoms with Crippen LogP contribution in [0.2, 0.25) is 0 Å². The first-order valence-electron chi connectivity index (χ1n) is 6.16. The van der Waals surface area contributed by atoms with Crippen molar-refractivity contribution >= 4 is 0 Å². The molecule has 1 aliphatic rings. The summed E-state index contributed by atoms with van der Waals surface area (Å²) in [6.45, 7) is 5.38. The lowest BCUT2D eigenvalue weighted by molar-refractivity contribution is 0.134. The van der Waals surface area contributed by atoms with Crippen molar-refractivity contribution < 1.29 is 4.74 Å². The molecule has 3 heteroatoms. The standard InChI is InChI=1S/C12H26N2O/c1-11(14(2)8-9-15-3)10-12-6-4-5-7-13-12/h11-13H,4-10H2,1-3H3. The van der Waals surface area contributed by atoms with Gasteiger partial charge in [-0.05, 0) is 39.8 Å². The second-order valence-corrected chi connectivity index (χ2v) is 4.70. The smallest absolute Gasteiger partial charge is 0.0589 e. The SMILES string of the molecule is COCCN(C)C(C)CC1CCCCN1. The fourth-order valence-electron chi connectivity index (χ4n) is 2.17. The molecular formula is C12H26N2O. The summed E-state index contributed by atoms with van der Waals surface area (Å²) in [4.78, 5) is 2.39. The molecule has 90 valence electrons. The van der Waals surface area contributed by atoms with Gasteiger partial charge in [0, 0.05) is 25.7 Å². The van der Waals surface area contributed by atoms with E-state index in [4.69, 9.17) is 4.74 Å². The van der Waals surface area contributed by atoms with Gasteiger partial charge in [0.25, 0.3) is 0 Å². The average Bonchev–Trinajstić information content (AvgIpc) is 2.27. The molecule has 1 aliphatic heterocycles. The normalized spacial score (nSPS) is 24.4. The molecule has 1 rings (SSSR count). The van der Waals surface area contributed by atoms with Crippen LogP contribution in [0.5, 0.6) is 0 Å². The maximum Gasteiger partial charge on any atom is 0.0589 e. The number of nitrogens with zero attached hydrogens (tertiary/aromatic N) is 1. The van der Waals surface area contributed by atoms with E-state index in [1.807, 2.05) is 0 Å². The maximum absolute atomic E-state index is 5.10. The molecule has 3 nitrogen and oxygen atoms in total. The van der Waals surface area contributed by atoms with Crippen molar-refractivity contribution in [1.82, 2.24) is 10.2 Å². The van der Waals surface area contributed by atoms with Crippen LogP contribution in [0.15, 0.2) is 0 Å². The number of rotatable bonds is 6. The Morgan fingerprint density at radius 1 is 1.47 bits per heavy atom. The van der Waals surface area contributed by atoms with Gasteiger partial charge >= 0.3 is 0 Å². The zero-order valence-corrected chi connectivity index (χ0v) is 10.5. The summed E-state index contributed by atoms with van der Waals surface area (Å²) in [5.41, 5.74) is 0. The number of hydrogen-bond donors (Lipinski definition) is 1. The molecular weight excluding hydrogens is 188 g/mol. The van der Waals surface area contributed by atoms with Gasteiger partial charge in [0.15, 0.2) is 0 Å². The van der Waals surface area contributed by atoms with E-state index < -0.39 is 0 Å². The van der Waals surface area contributed by atoms with Crippen molar-refractivity contribution in [2.24, 2.45) is 0 Å². The number of piperidine rings is 1. The molecule has 0 amide bonds. The molecule has 1 N–H and O–H groups in total. The number of hydrogen-bond acceptors (Lipinski definition) is 3. The highest BCUT2D eigenvalue weighted by molar-refractivity contribution is 4.77. The van der Waals surface area contributed by atoms with Crippen molar-refractivity contribution in [1.29, 1.82) is 0 Å². The van der Waals surface area contributed by atoms with Gasteiger partial charge in [-0.1, -0.05) is 6.42 Å². The van der Waals surface area contributed by atoms with Gasteiger partial charge in [-0.3, -0.25) is 0 Å². The summed E-state index contributed by atoms with van der Waals surface area (Å²) in [5, 5.41) is 3.60. The fraction of sp³-hybridized carbons (Fsp3) is 1.00. The molecule has 0 aromatic rings. The molecule has 0 aliphatic carbocycles. The summed E-state index contributed by atoms with van der Waals surface area (Å²) >= 11 is 0. The van der Waals surface area contributed by atoms with Crippen LogP contribution < -0.4 is 5.32 Å². The van der Waals surface area contributed by atoms with Crippen molar-refractivity contribution in [2.75, 3.05) is 33.9 Å². The van der Waals surface area contributed by atoms with Crippen LogP contribution in [0.1, 0.15) is 32.6 Å². The number of methoxy groups -OCH3 is 1. The minimum Gasteiger partial charge on any atom is -0.383 e. The second-order valence-electron chi connectivity index (χ2n) is 4.70. The van der Waals surface area contributed by atoms with Crippen LogP contribution >= 0.6 is 0 Å². The average molecular weight is 214 g/mol. The van der Waals surface area contributed by atoms with E-state index in [0.29, 0.717) is 6.04 Å². The highest BCUT2D eigenvalue weighted by Gasteiger charge is 2.17. The minimum absolute atomic E-state index is 0.649. The van der Waals surface area contributed by atoms with Crippen LogP contribution in [0.3, 0.4) is 0 Å².